The molecule has 0 radical (unpaired) electrons. The molecule has 0 heterocycles. The Morgan fingerprint density at radius 2 is 2.00 bits per heavy atom. The summed E-state index contributed by atoms with van der Waals surface area (Å²) in [4.78, 5) is 11.5. The fourth-order valence-corrected chi connectivity index (χ4v) is 3.64. The zero-order valence-electron chi connectivity index (χ0n) is 11.5. The number of rotatable bonds is 7. The van der Waals surface area contributed by atoms with E-state index in [-0.39, 0.29) is 5.91 Å². The predicted octanol–water partition coefficient (Wildman–Crippen LogP) is 2.31. The first-order chi connectivity index (χ1) is 8.74. The number of hydrogen-bond donors (Lipinski definition) is 2. The quantitative estimate of drug-likeness (QED) is 0.698. The van der Waals surface area contributed by atoms with Crippen LogP contribution in [-0.2, 0) is 4.79 Å². The maximum Gasteiger partial charge on any atom is 0.221 e. The maximum atomic E-state index is 11.5. The first kappa shape index (κ1) is 14.2. The van der Waals surface area contributed by atoms with E-state index in [2.05, 4.69) is 16.9 Å². The minimum absolute atomic E-state index is 0.215. The Hall–Kier alpha value is -0.220. The molecule has 2 aliphatic carbocycles. The summed E-state index contributed by atoms with van der Waals surface area (Å²) in [5.41, 5.74) is 0. The number of hydrogen-bond acceptors (Lipinski definition) is 3. The molecule has 4 heteroatoms. The van der Waals surface area contributed by atoms with Gasteiger partial charge in [-0.25, -0.2) is 0 Å². The molecule has 2 N–H and O–H groups in total. The summed E-state index contributed by atoms with van der Waals surface area (Å²) in [7, 11) is 0. The van der Waals surface area contributed by atoms with Crippen molar-refractivity contribution in [2.24, 2.45) is 0 Å². The molecule has 0 bridgehead atoms. The molecule has 2 aliphatic rings. The Kier molecular flexibility index (Phi) is 5.37. The van der Waals surface area contributed by atoms with E-state index in [0.717, 1.165) is 13.1 Å². The van der Waals surface area contributed by atoms with Crippen LogP contribution in [0.4, 0.5) is 0 Å². The Morgan fingerprint density at radius 3 is 2.61 bits per heavy atom. The van der Waals surface area contributed by atoms with Crippen molar-refractivity contribution in [1.82, 2.24) is 10.6 Å². The summed E-state index contributed by atoms with van der Waals surface area (Å²) in [6.45, 7) is 1.88. The smallest absolute Gasteiger partial charge is 0.221 e. The molecular formula is C14H26N2OS. The van der Waals surface area contributed by atoms with E-state index in [0.29, 0.717) is 17.2 Å². The van der Waals surface area contributed by atoms with Crippen molar-refractivity contribution in [3.05, 3.63) is 0 Å². The van der Waals surface area contributed by atoms with Crippen LogP contribution < -0.4 is 10.6 Å². The van der Waals surface area contributed by atoms with Crippen LogP contribution in [0.3, 0.4) is 0 Å². The van der Waals surface area contributed by atoms with Gasteiger partial charge in [0.1, 0.15) is 0 Å². The summed E-state index contributed by atoms with van der Waals surface area (Å²) >= 11 is 2.01. The van der Waals surface area contributed by atoms with E-state index in [4.69, 9.17) is 0 Å². The van der Waals surface area contributed by atoms with Gasteiger partial charge in [0.25, 0.3) is 0 Å². The van der Waals surface area contributed by atoms with Gasteiger partial charge in [0, 0.05) is 30.3 Å². The van der Waals surface area contributed by atoms with Crippen LogP contribution >= 0.6 is 11.8 Å². The third-order valence-corrected chi connectivity index (χ3v) is 5.53. The Labute approximate surface area is 115 Å². The second kappa shape index (κ2) is 6.80. The molecule has 2 fully saturated rings. The lowest BCUT2D eigenvalue weighted by Crippen LogP contribution is -2.40. The Balaban J connectivity index is 1.59. The predicted molar refractivity (Wildman–Crippen MR) is 78.0 cm³/mol. The van der Waals surface area contributed by atoms with Gasteiger partial charge in [0.2, 0.25) is 5.91 Å². The number of amides is 1. The minimum atomic E-state index is 0.215. The lowest BCUT2D eigenvalue weighted by atomic mass is 9.88. The number of carbonyl (C=O) groups excluding carboxylic acids is 1. The number of carbonyl (C=O) groups is 1. The van der Waals surface area contributed by atoms with Crippen LogP contribution in [0.15, 0.2) is 0 Å². The molecule has 2 rings (SSSR count). The summed E-state index contributed by atoms with van der Waals surface area (Å²) < 4.78 is 0.436. The lowest BCUT2D eigenvalue weighted by Gasteiger charge is -2.36. The molecule has 0 aromatic carbocycles. The first-order valence-electron chi connectivity index (χ1n) is 7.29. The van der Waals surface area contributed by atoms with Gasteiger partial charge in [-0.05, 0) is 31.9 Å². The van der Waals surface area contributed by atoms with Gasteiger partial charge < -0.3 is 10.6 Å². The van der Waals surface area contributed by atoms with Crippen molar-refractivity contribution in [3.8, 4) is 0 Å². The highest BCUT2D eigenvalue weighted by Crippen LogP contribution is 2.37. The topological polar surface area (TPSA) is 41.1 Å². The summed E-state index contributed by atoms with van der Waals surface area (Å²) in [5, 5.41) is 6.52. The minimum Gasteiger partial charge on any atom is -0.353 e. The standard InChI is InChI=1S/C14H26N2OS/c1-18-14(8-3-2-4-9-14)11-15-10-7-13(17)16-12-5-6-12/h12,15H,2-11H2,1H3,(H,16,17). The molecule has 18 heavy (non-hydrogen) atoms. The highest BCUT2D eigenvalue weighted by atomic mass is 32.2. The monoisotopic (exact) mass is 270 g/mol. The van der Waals surface area contributed by atoms with Gasteiger partial charge in [0.15, 0.2) is 0 Å². The molecule has 0 atom stereocenters. The molecule has 104 valence electrons. The second-order valence-electron chi connectivity index (χ2n) is 5.72. The summed E-state index contributed by atoms with van der Waals surface area (Å²) in [5.74, 6) is 0.215. The third kappa shape index (κ3) is 4.47. The van der Waals surface area contributed by atoms with E-state index in [1.54, 1.807) is 0 Å². The lowest BCUT2D eigenvalue weighted by molar-refractivity contribution is -0.121. The summed E-state index contributed by atoms with van der Waals surface area (Å²) in [6.07, 6.45) is 12.0. The molecule has 0 saturated heterocycles. The van der Waals surface area contributed by atoms with E-state index in [1.165, 1.54) is 44.9 Å². The highest BCUT2D eigenvalue weighted by molar-refractivity contribution is 8.00. The molecule has 1 amide bonds. The van der Waals surface area contributed by atoms with Gasteiger partial charge in [0.05, 0.1) is 0 Å². The van der Waals surface area contributed by atoms with Crippen LogP contribution in [0, 0.1) is 0 Å². The van der Waals surface area contributed by atoms with Crippen molar-refractivity contribution in [2.75, 3.05) is 19.3 Å². The van der Waals surface area contributed by atoms with Gasteiger partial charge in [-0.1, -0.05) is 19.3 Å². The number of thioether (sulfide) groups is 1. The average molecular weight is 270 g/mol. The van der Waals surface area contributed by atoms with Crippen molar-refractivity contribution in [1.29, 1.82) is 0 Å². The fourth-order valence-electron chi connectivity index (χ4n) is 2.69. The Morgan fingerprint density at radius 1 is 1.28 bits per heavy atom. The molecule has 0 aromatic heterocycles. The van der Waals surface area contributed by atoms with Crippen molar-refractivity contribution in [2.45, 2.75) is 62.2 Å². The Bertz CT molecular complexity index is 273. The largest absolute Gasteiger partial charge is 0.353 e. The normalized spacial score (nSPS) is 22.7. The molecule has 0 spiro atoms. The van der Waals surface area contributed by atoms with Crippen molar-refractivity contribution >= 4 is 17.7 Å². The van der Waals surface area contributed by atoms with Gasteiger partial charge in [-0.3, -0.25) is 4.79 Å². The van der Waals surface area contributed by atoms with Gasteiger partial charge >= 0.3 is 0 Å². The zero-order chi connectivity index (χ0) is 12.8. The van der Waals surface area contributed by atoms with Gasteiger partial charge in [-0.15, -0.1) is 0 Å². The summed E-state index contributed by atoms with van der Waals surface area (Å²) in [6, 6.07) is 0.494. The molecular weight excluding hydrogens is 244 g/mol. The molecule has 0 aromatic rings. The van der Waals surface area contributed by atoms with Crippen LogP contribution in [-0.4, -0.2) is 36.0 Å². The van der Waals surface area contributed by atoms with Crippen LogP contribution in [0.2, 0.25) is 0 Å². The first-order valence-corrected chi connectivity index (χ1v) is 8.52. The van der Waals surface area contributed by atoms with E-state index >= 15 is 0 Å². The SMILES string of the molecule is CSC1(CNCCC(=O)NC2CC2)CCCCC1. The van der Waals surface area contributed by atoms with Crippen LogP contribution in [0.5, 0.6) is 0 Å². The van der Waals surface area contributed by atoms with Crippen LogP contribution in [0.25, 0.3) is 0 Å². The van der Waals surface area contributed by atoms with E-state index < -0.39 is 0 Å². The van der Waals surface area contributed by atoms with Gasteiger partial charge in [-0.2, -0.15) is 11.8 Å². The van der Waals surface area contributed by atoms with Crippen molar-refractivity contribution < 1.29 is 4.79 Å². The number of nitrogens with one attached hydrogen (secondary N) is 2. The zero-order valence-corrected chi connectivity index (χ0v) is 12.3. The average Bonchev–Trinajstić information content (AvgIpc) is 3.20. The fraction of sp³-hybridized carbons (Fsp3) is 0.929. The molecule has 0 aliphatic heterocycles. The van der Waals surface area contributed by atoms with E-state index in [1.807, 2.05) is 11.8 Å². The molecule has 0 unspecified atom stereocenters. The molecule has 2 saturated carbocycles. The van der Waals surface area contributed by atoms with E-state index in [9.17, 15) is 4.79 Å². The van der Waals surface area contributed by atoms with Crippen molar-refractivity contribution in [3.63, 3.8) is 0 Å². The maximum absolute atomic E-state index is 11.5. The third-order valence-electron chi connectivity index (χ3n) is 4.12. The second-order valence-corrected chi connectivity index (χ2v) is 6.99. The van der Waals surface area contributed by atoms with Crippen LogP contribution in [0.1, 0.15) is 51.4 Å². The highest BCUT2D eigenvalue weighted by Gasteiger charge is 2.30. The molecule has 3 nitrogen and oxygen atoms in total.